The number of carbonyl (C=O) groups excluding carboxylic acids is 2. The maximum Gasteiger partial charge on any atom is 0.328 e. The molecule has 1 aromatic heterocycles. The Morgan fingerprint density at radius 1 is 1.26 bits per heavy atom. The Labute approximate surface area is 134 Å². The Bertz CT molecular complexity index is 704. The van der Waals surface area contributed by atoms with Gasteiger partial charge in [-0.25, -0.2) is 4.68 Å². The lowest BCUT2D eigenvalue weighted by atomic mass is 9.99. The van der Waals surface area contributed by atoms with E-state index in [4.69, 9.17) is 4.74 Å². The summed E-state index contributed by atoms with van der Waals surface area (Å²) < 4.78 is 6.56. The summed E-state index contributed by atoms with van der Waals surface area (Å²) in [6.45, 7) is 3.41. The molecule has 3 rings (SSSR count). The van der Waals surface area contributed by atoms with E-state index in [1.807, 2.05) is 24.3 Å². The summed E-state index contributed by atoms with van der Waals surface area (Å²) in [5.74, 6) is 0.0373. The van der Waals surface area contributed by atoms with Crippen LogP contribution in [0.3, 0.4) is 0 Å². The van der Waals surface area contributed by atoms with Crippen LogP contribution in [0.15, 0.2) is 24.3 Å². The molecule has 0 atom stereocenters. The zero-order valence-corrected chi connectivity index (χ0v) is 13.1. The van der Waals surface area contributed by atoms with E-state index in [0.29, 0.717) is 5.92 Å². The van der Waals surface area contributed by atoms with Crippen LogP contribution in [0, 0.1) is 5.92 Å². The third-order valence-electron chi connectivity index (χ3n) is 4.19. The van der Waals surface area contributed by atoms with Gasteiger partial charge in [-0.05, 0) is 30.9 Å². The fourth-order valence-electron chi connectivity index (χ4n) is 2.69. The van der Waals surface area contributed by atoms with Gasteiger partial charge in [0, 0.05) is 13.1 Å². The van der Waals surface area contributed by atoms with Gasteiger partial charge in [-0.1, -0.05) is 24.3 Å². The van der Waals surface area contributed by atoms with Crippen molar-refractivity contribution in [2.75, 3.05) is 19.7 Å². The molecule has 1 saturated heterocycles. The number of para-hydroxylation sites is 1. The fraction of sp³-hybridized carbons (Fsp3) is 0.500. The minimum absolute atomic E-state index is 0.0508. The third kappa shape index (κ3) is 3.67. The van der Waals surface area contributed by atoms with Gasteiger partial charge in [0.25, 0.3) is 5.91 Å². The number of esters is 1. The maximum atomic E-state index is 12.0. The summed E-state index contributed by atoms with van der Waals surface area (Å²) in [5, 5.41) is 7.91. The van der Waals surface area contributed by atoms with Gasteiger partial charge in [-0.3, -0.25) is 9.59 Å². The Hall–Kier alpha value is -2.44. The van der Waals surface area contributed by atoms with E-state index in [1.165, 1.54) is 4.68 Å². The second-order valence-electron chi connectivity index (χ2n) is 5.96. The standard InChI is InChI=1S/C16H20N4O3/c1-12-6-8-19(9-7-12)15(21)11-23-16(22)10-20-14-5-3-2-4-13(14)17-18-20/h2-5,12H,6-11H2,1H3. The van der Waals surface area contributed by atoms with Gasteiger partial charge in [0.15, 0.2) is 6.61 Å². The van der Waals surface area contributed by atoms with Gasteiger partial charge in [-0.2, -0.15) is 0 Å². The average molecular weight is 316 g/mol. The first-order valence-corrected chi connectivity index (χ1v) is 7.85. The summed E-state index contributed by atoms with van der Waals surface area (Å²) in [4.78, 5) is 25.7. The van der Waals surface area contributed by atoms with E-state index in [2.05, 4.69) is 17.2 Å². The molecule has 0 spiro atoms. The lowest BCUT2D eigenvalue weighted by Crippen LogP contribution is -2.40. The summed E-state index contributed by atoms with van der Waals surface area (Å²) in [6.07, 6.45) is 2.01. The highest BCUT2D eigenvalue weighted by Crippen LogP contribution is 2.16. The van der Waals surface area contributed by atoms with Crippen molar-refractivity contribution in [1.29, 1.82) is 0 Å². The number of hydrogen-bond acceptors (Lipinski definition) is 5. The molecule has 7 nitrogen and oxygen atoms in total. The number of amides is 1. The van der Waals surface area contributed by atoms with Crippen molar-refractivity contribution in [1.82, 2.24) is 19.9 Å². The molecule has 0 radical (unpaired) electrons. The number of hydrogen-bond donors (Lipinski definition) is 0. The zero-order valence-electron chi connectivity index (χ0n) is 13.1. The Kier molecular flexibility index (Phi) is 4.55. The summed E-state index contributed by atoms with van der Waals surface area (Å²) in [5.41, 5.74) is 1.49. The molecule has 0 saturated carbocycles. The predicted molar refractivity (Wildman–Crippen MR) is 83.5 cm³/mol. The highest BCUT2D eigenvalue weighted by molar-refractivity contribution is 5.81. The van der Waals surface area contributed by atoms with Crippen molar-refractivity contribution in [3.05, 3.63) is 24.3 Å². The molecule has 2 aromatic rings. The molecule has 0 aliphatic carbocycles. The Morgan fingerprint density at radius 3 is 2.78 bits per heavy atom. The van der Waals surface area contributed by atoms with Gasteiger partial charge < -0.3 is 9.64 Å². The van der Waals surface area contributed by atoms with Crippen molar-refractivity contribution in [3.63, 3.8) is 0 Å². The number of rotatable bonds is 4. The highest BCUT2D eigenvalue weighted by Gasteiger charge is 2.21. The number of benzene rings is 1. The van der Waals surface area contributed by atoms with Crippen LogP contribution in [0.1, 0.15) is 19.8 Å². The third-order valence-corrected chi connectivity index (χ3v) is 4.19. The van der Waals surface area contributed by atoms with Gasteiger partial charge >= 0.3 is 5.97 Å². The van der Waals surface area contributed by atoms with Crippen LogP contribution in [0.25, 0.3) is 11.0 Å². The lowest BCUT2D eigenvalue weighted by molar-refractivity contribution is -0.153. The first kappa shape index (κ1) is 15.5. The van der Waals surface area contributed by atoms with Crippen LogP contribution >= 0.6 is 0 Å². The van der Waals surface area contributed by atoms with Gasteiger partial charge in [0.2, 0.25) is 0 Å². The van der Waals surface area contributed by atoms with Crippen molar-refractivity contribution in [2.45, 2.75) is 26.3 Å². The number of carbonyl (C=O) groups is 2. The topological polar surface area (TPSA) is 77.3 Å². The predicted octanol–water partition coefficient (Wildman–Crippen LogP) is 1.23. The summed E-state index contributed by atoms with van der Waals surface area (Å²) >= 11 is 0. The van der Waals surface area contributed by atoms with E-state index >= 15 is 0 Å². The van der Waals surface area contributed by atoms with Crippen LogP contribution in [0.4, 0.5) is 0 Å². The quantitative estimate of drug-likeness (QED) is 0.793. The van der Waals surface area contributed by atoms with Crippen LogP contribution in [0.2, 0.25) is 0 Å². The smallest absolute Gasteiger partial charge is 0.328 e. The van der Waals surface area contributed by atoms with Gasteiger partial charge in [0.1, 0.15) is 12.1 Å². The Morgan fingerprint density at radius 2 is 2.00 bits per heavy atom. The largest absolute Gasteiger partial charge is 0.454 e. The number of likely N-dealkylation sites (tertiary alicyclic amines) is 1. The average Bonchev–Trinajstić information content (AvgIpc) is 2.96. The van der Waals surface area contributed by atoms with Crippen molar-refractivity contribution in [2.24, 2.45) is 5.92 Å². The molecule has 2 heterocycles. The minimum Gasteiger partial charge on any atom is -0.454 e. The summed E-state index contributed by atoms with van der Waals surface area (Å²) in [7, 11) is 0. The maximum absolute atomic E-state index is 12.0. The molecular formula is C16H20N4O3. The SMILES string of the molecule is CC1CCN(C(=O)COC(=O)Cn2nnc3ccccc32)CC1. The number of fused-ring (bicyclic) bond motifs is 1. The van der Waals surface area contributed by atoms with E-state index in [1.54, 1.807) is 4.90 Å². The number of nitrogens with zero attached hydrogens (tertiary/aromatic N) is 4. The second kappa shape index (κ2) is 6.76. The minimum atomic E-state index is -0.487. The molecule has 1 aromatic carbocycles. The lowest BCUT2D eigenvalue weighted by Gasteiger charge is -2.30. The molecule has 1 fully saturated rings. The molecule has 7 heteroatoms. The first-order valence-electron chi connectivity index (χ1n) is 7.85. The van der Waals surface area contributed by atoms with Crippen molar-refractivity contribution < 1.29 is 14.3 Å². The normalized spacial score (nSPS) is 15.8. The summed E-state index contributed by atoms with van der Waals surface area (Å²) in [6, 6.07) is 7.37. The molecule has 0 bridgehead atoms. The van der Waals surface area contributed by atoms with Gasteiger partial charge in [0.05, 0.1) is 5.52 Å². The number of ether oxygens (including phenoxy) is 1. The van der Waals surface area contributed by atoms with Crippen molar-refractivity contribution >= 4 is 22.9 Å². The van der Waals surface area contributed by atoms with E-state index in [0.717, 1.165) is 37.0 Å². The molecule has 1 amide bonds. The van der Waals surface area contributed by atoms with Crippen LogP contribution < -0.4 is 0 Å². The second-order valence-corrected chi connectivity index (χ2v) is 5.96. The fourth-order valence-corrected chi connectivity index (χ4v) is 2.69. The zero-order chi connectivity index (χ0) is 16.2. The molecular weight excluding hydrogens is 296 g/mol. The first-order chi connectivity index (χ1) is 11.1. The molecule has 122 valence electrons. The van der Waals surface area contributed by atoms with Crippen LogP contribution in [-0.2, 0) is 20.9 Å². The molecule has 0 unspecified atom stereocenters. The number of piperidine rings is 1. The monoisotopic (exact) mass is 316 g/mol. The van der Waals surface area contributed by atoms with E-state index in [-0.39, 0.29) is 19.1 Å². The number of aromatic nitrogens is 3. The van der Waals surface area contributed by atoms with Gasteiger partial charge in [-0.15, -0.1) is 5.10 Å². The van der Waals surface area contributed by atoms with Crippen LogP contribution in [-0.4, -0.2) is 51.5 Å². The van der Waals surface area contributed by atoms with Crippen LogP contribution in [0.5, 0.6) is 0 Å². The molecule has 23 heavy (non-hydrogen) atoms. The van der Waals surface area contributed by atoms with E-state index in [9.17, 15) is 9.59 Å². The molecule has 1 aliphatic heterocycles. The van der Waals surface area contributed by atoms with Crippen molar-refractivity contribution in [3.8, 4) is 0 Å². The molecule has 1 aliphatic rings. The highest BCUT2D eigenvalue weighted by atomic mass is 16.5. The Balaban J connectivity index is 1.51. The molecule has 0 N–H and O–H groups in total. The van der Waals surface area contributed by atoms with E-state index < -0.39 is 5.97 Å².